The molecule has 1 aromatic carbocycles. The van der Waals surface area contributed by atoms with Gasteiger partial charge in [-0.05, 0) is 18.2 Å². The molecule has 0 saturated heterocycles. The first-order valence-corrected chi connectivity index (χ1v) is 9.66. The minimum Gasteiger partial charge on any atom is -0.411 e. The van der Waals surface area contributed by atoms with Gasteiger partial charge >= 0.3 is 0 Å². The molecule has 1 heterocycles. The van der Waals surface area contributed by atoms with Crippen LogP contribution in [0.2, 0.25) is 0 Å². The van der Waals surface area contributed by atoms with Crippen LogP contribution in [0.3, 0.4) is 0 Å². The van der Waals surface area contributed by atoms with Crippen LogP contribution in [-0.2, 0) is 14.8 Å². The van der Waals surface area contributed by atoms with E-state index in [0.29, 0.717) is 18.7 Å². The Morgan fingerprint density at radius 3 is 2.62 bits per heavy atom. The van der Waals surface area contributed by atoms with Crippen LogP contribution in [0.4, 0.5) is 0 Å². The molecule has 8 nitrogen and oxygen atoms in total. The average molecular weight is 370 g/mol. The van der Waals surface area contributed by atoms with Crippen LogP contribution in [0.15, 0.2) is 38.8 Å². The molecule has 0 aliphatic rings. The standard InChI is InChI=1S/C14H18N4O4S2/c1-3-18(4-2)24(20,21)11-7-5-6-10(8-11)13-16-17-14(22-13)23-9-12(15)19/h5-8H,3-4,9H2,1-2H3,(H2,15,19). The van der Waals surface area contributed by atoms with Crippen LogP contribution in [0.5, 0.6) is 0 Å². The molecule has 1 amide bonds. The van der Waals surface area contributed by atoms with Gasteiger partial charge in [-0.2, -0.15) is 4.31 Å². The quantitative estimate of drug-likeness (QED) is 0.696. The molecule has 0 aliphatic heterocycles. The highest BCUT2D eigenvalue weighted by atomic mass is 32.2. The van der Waals surface area contributed by atoms with Crippen LogP contribution in [0.1, 0.15) is 13.8 Å². The van der Waals surface area contributed by atoms with E-state index in [2.05, 4.69) is 10.2 Å². The summed E-state index contributed by atoms with van der Waals surface area (Å²) in [4.78, 5) is 10.9. The molecule has 0 bridgehead atoms. The minimum absolute atomic E-state index is 0.0258. The Hall–Kier alpha value is -1.91. The number of hydrogen-bond acceptors (Lipinski definition) is 7. The van der Waals surface area contributed by atoms with Crippen molar-refractivity contribution in [3.05, 3.63) is 24.3 Å². The Morgan fingerprint density at radius 2 is 2.00 bits per heavy atom. The van der Waals surface area contributed by atoms with Gasteiger partial charge in [0.15, 0.2) is 0 Å². The van der Waals surface area contributed by atoms with Gasteiger partial charge in [-0.25, -0.2) is 8.42 Å². The molecular weight excluding hydrogens is 352 g/mol. The number of rotatable bonds is 8. The Balaban J connectivity index is 2.29. The van der Waals surface area contributed by atoms with E-state index < -0.39 is 15.9 Å². The normalized spacial score (nSPS) is 11.8. The van der Waals surface area contributed by atoms with Crippen LogP contribution in [0, 0.1) is 0 Å². The number of carbonyl (C=O) groups excluding carboxylic acids is 1. The molecule has 2 aromatic rings. The van der Waals surface area contributed by atoms with Crippen LogP contribution >= 0.6 is 11.8 Å². The van der Waals surface area contributed by atoms with Gasteiger partial charge in [0.2, 0.25) is 21.8 Å². The third kappa shape index (κ3) is 4.13. The second kappa shape index (κ2) is 7.77. The Kier molecular flexibility index (Phi) is 5.97. The zero-order chi connectivity index (χ0) is 17.7. The van der Waals surface area contributed by atoms with Crippen molar-refractivity contribution in [3.63, 3.8) is 0 Å². The van der Waals surface area contributed by atoms with E-state index in [1.54, 1.807) is 26.0 Å². The van der Waals surface area contributed by atoms with Crippen LogP contribution < -0.4 is 5.73 Å². The van der Waals surface area contributed by atoms with Gasteiger partial charge in [0.25, 0.3) is 5.22 Å². The van der Waals surface area contributed by atoms with Gasteiger partial charge in [0.05, 0.1) is 10.6 Å². The van der Waals surface area contributed by atoms with Gasteiger partial charge < -0.3 is 10.2 Å². The molecule has 0 unspecified atom stereocenters. The second-order valence-electron chi connectivity index (χ2n) is 4.75. The summed E-state index contributed by atoms with van der Waals surface area (Å²) in [6.07, 6.45) is 0. The number of hydrogen-bond donors (Lipinski definition) is 1. The molecule has 2 N–H and O–H groups in total. The van der Waals surface area contributed by atoms with E-state index in [1.165, 1.54) is 16.4 Å². The van der Waals surface area contributed by atoms with Crippen LogP contribution in [-0.4, -0.2) is 47.7 Å². The predicted molar refractivity (Wildman–Crippen MR) is 89.8 cm³/mol. The van der Waals surface area contributed by atoms with Gasteiger partial charge in [-0.1, -0.05) is 31.7 Å². The first kappa shape index (κ1) is 18.4. The molecule has 0 aliphatic carbocycles. The van der Waals surface area contributed by atoms with E-state index >= 15 is 0 Å². The van der Waals surface area contributed by atoms with Crippen molar-refractivity contribution in [1.29, 1.82) is 0 Å². The molecule has 0 radical (unpaired) electrons. The summed E-state index contributed by atoms with van der Waals surface area (Å²) in [5.41, 5.74) is 5.55. The van der Waals surface area contributed by atoms with Crippen LogP contribution in [0.25, 0.3) is 11.5 Å². The average Bonchev–Trinajstić information content (AvgIpc) is 3.03. The smallest absolute Gasteiger partial charge is 0.277 e. The topological polar surface area (TPSA) is 119 Å². The summed E-state index contributed by atoms with van der Waals surface area (Å²) < 4.78 is 31.9. The van der Waals surface area contributed by atoms with Crippen molar-refractivity contribution in [2.45, 2.75) is 24.0 Å². The van der Waals surface area contributed by atoms with Crippen molar-refractivity contribution in [3.8, 4) is 11.5 Å². The minimum atomic E-state index is -3.57. The largest absolute Gasteiger partial charge is 0.411 e. The third-order valence-corrected chi connectivity index (χ3v) is 6.06. The van der Waals surface area contributed by atoms with Crippen molar-refractivity contribution >= 4 is 27.7 Å². The summed E-state index contributed by atoms with van der Waals surface area (Å²) in [5, 5.41) is 7.87. The lowest BCUT2D eigenvalue weighted by Crippen LogP contribution is -2.30. The Labute approximate surface area is 144 Å². The third-order valence-electron chi connectivity index (χ3n) is 3.17. The number of nitrogens with zero attached hydrogens (tertiary/aromatic N) is 3. The van der Waals surface area contributed by atoms with E-state index in [4.69, 9.17) is 10.2 Å². The molecule has 0 saturated carbocycles. The predicted octanol–water partition coefficient (Wildman–Crippen LogP) is 1.34. The number of primary amides is 1. The van der Waals surface area contributed by atoms with Crippen molar-refractivity contribution in [1.82, 2.24) is 14.5 Å². The molecule has 24 heavy (non-hydrogen) atoms. The number of thioether (sulfide) groups is 1. The highest BCUT2D eigenvalue weighted by Crippen LogP contribution is 2.26. The number of aromatic nitrogens is 2. The molecule has 2 rings (SSSR count). The zero-order valence-corrected chi connectivity index (χ0v) is 14.9. The van der Waals surface area contributed by atoms with Crippen molar-refractivity contribution in [2.24, 2.45) is 5.73 Å². The molecule has 0 atom stereocenters. The molecule has 10 heteroatoms. The summed E-state index contributed by atoms with van der Waals surface area (Å²) >= 11 is 1.02. The fourth-order valence-corrected chi connectivity index (χ4v) is 4.03. The van der Waals surface area contributed by atoms with Gasteiger partial charge in [-0.3, -0.25) is 4.79 Å². The lowest BCUT2D eigenvalue weighted by molar-refractivity contribution is -0.115. The van der Waals surface area contributed by atoms with Gasteiger partial charge in [-0.15, -0.1) is 10.2 Å². The van der Waals surface area contributed by atoms with E-state index in [-0.39, 0.29) is 21.8 Å². The zero-order valence-electron chi connectivity index (χ0n) is 13.3. The Bertz CT molecular complexity index is 816. The monoisotopic (exact) mass is 370 g/mol. The summed E-state index contributed by atoms with van der Waals surface area (Å²) in [5.74, 6) is -0.288. The lowest BCUT2D eigenvalue weighted by atomic mass is 10.2. The highest BCUT2D eigenvalue weighted by molar-refractivity contribution is 7.99. The van der Waals surface area contributed by atoms with E-state index in [9.17, 15) is 13.2 Å². The van der Waals surface area contributed by atoms with Gasteiger partial charge in [0.1, 0.15) is 0 Å². The summed E-state index contributed by atoms with van der Waals surface area (Å²) in [7, 11) is -3.57. The summed E-state index contributed by atoms with van der Waals surface area (Å²) in [6.45, 7) is 4.34. The van der Waals surface area contributed by atoms with Crippen molar-refractivity contribution in [2.75, 3.05) is 18.8 Å². The number of amides is 1. The molecule has 0 spiro atoms. The molecule has 130 valence electrons. The van der Waals surface area contributed by atoms with E-state index in [1.807, 2.05) is 0 Å². The fraction of sp³-hybridized carbons (Fsp3) is 0.357. The number of carbonyl (C=O) groups is 1. The molecule has 1 aromatic heterocycles. The second-order valence-corrected chi connectivity index (χ2v) is 7.61. The maximum absolute atomic E-state index is 12.6. The molecular formula is C14H18N4O4S2. The fourth-order valence-electron chi connectivity index (χ4n) is 2.02. The maximum atomic E-state index is 12.6. The SMILES string of the molecule is CCN(CC)S(=O)(=O)c1cccc(-c2nnc(SCC(N)=O)o2)c1. The van der Waals surface area contributed by atoms with Crippen molar-refractivity contribution < 1.29 is 17.6 Å². The summed E-state index contributed by atoms with van der Waals surface area (Å²) in [6, 6.07) is 6.31. The Morgan fingerprint density at radius 1 is 1.29 bits per heavy atom. The maximum Gasteiger partial charge on any atom is 0.277 e. The number of benzene rings is 1. The lowest BCUT2D eigenvalue weighted by Gasteiger charge is -2.18. The molecule has 0 fully saturated rings. The van der Waals surface area contributed by atoms with Gasteiger partial charge in [0, 0.05) is 18.7 Å². The number of nitrogens with two attached hydrogens (primary N) is 1. The first-order chi connectivity index (χ1) is 11.4. The van der Waals surface area contributed by atoms with E-state index in [0.717, 1.165) is 11.8 Å². The number of sulfonamides is 1. The highest BCUT2D eigenvalue weighted by Gasteiger charge is 2.22. The first-order valence-electron chi connectivity index (χ1n) is 7.23.